The number of nitrogens with zero attached hydrogens (tertiary/aromatic N) is 3. The average Bonchev–Trinajstić information content (AvgIpc) is 2.72. The van der Waals surface area contributed by atoms with Gasteiger partial charge in [-0.1, -0.05) is 0 Å². The Labute approximate surface area is 79.4 Å². The second kappa shape index (κ2) is 3.65. The number of carbonyl (C=O) groups excluding carboxylic acids is 1. The van der Waals surface area contributed by atoms with E-state index in [2.05, 4.69) is 25.5 Å². The van der Waals surface area contributed by atoms with E-state index in [-0.39, 0.29) is 5.91 Å². The van der Waals surface area contributed by atoms with Gasteiger partial charge in [0, 0.05) is 18.6 Å². The summed E-state index contributed by atoms with van der Waals surface area (Å²) in [5, 5.41) is 8.77. The number of aromatic nitrogens is 4. The molecule has 0 aromatic carbocycles. The molecule has 1 amide bonds. The molecule has 0 spiro atoms. The third-order valence-corrected chi connectivity index (χ3v) is 1.55. The quantitative estimate of drug-likeness (QED) is 0.718. The Hall–Kier alpha value is -2.24. The summed E-state index contributed by atoms with van der Waals surface area (Å²) in [6.07, 6.45) is 6.01. The molecular formula is C8H7N5O. The Kier molecular flexibility index (Phi) is 2.18. The normalized spacial score (nSPS) is 9.71. The first-order valence-corrected chi connectivity index (χ1v) is 3.93. The highest BCUT2D eigenvalue weighted by atomic mass is 16.2. The van der Waals surface area contributed by atoms with Crippen LogP contribution in [-0.2, 0) is 0 Å². The van der Waals surface area contributed by atoms with Gasteiger partial charge in [0.2, 0.25) is 0 Å². The molecule has 0 radical (unpaired) electrons. The molecule has 2 heterocycles. The highest BCUT2D eigenvalue weighted by molar-refractivity contribution is 6.02. The predicted octanol–water partition coefficient (Wildman–Crippen LogP) is 0.452. The molecule has 0 aliphatic heterocycles. The molecule has 0 fully saturated rings. The molecule has 2 rings (SSSR count). The summed E-state index contributed by atoms with van der Waals surface area (Å²) < 4.78 is 0. The lowest BCUT2D eigenvalue weighted by Gasteiger charge is -1.99. The Morgan fingerprint density at radius 1 is 1.36 bits per heavy atom. The van der Waals surface area contributed by atoms with E-state index < -0.39 is 0 Å². The van der Waals surface area contributed by atoms with Crippen molar-refractivity contribution in [3.63, 3.8) is 0 Å². The van der Waals surface area contributed by atoms with E-state index in [4.69, 9.17) is 0 Å². The van der Waals surface area contributed by atoms with Gasteiger partial charge in [0.05, 0.1) is 6.20 Å². The lowest BCUT2D eigenvalue weighted by atomic mass is 10.4. The van der Waals surface area contributed by atoms with Gasteiger partial charge in [-0.05, 0) is 6.07 Å². The molecule has 0 bridgehead atoms. The van der Waals surface area contributed by atoms with E-state index >= 15 is 0 Å². The molecule has 0 unspecified atom stereocenters. The Morgan fingerprint density at radius 2 is 2.29 bits per heavy atom. The smallest absolute Gasteiger partial charge is 0.274 e. The van der Waals surface area contributed by atoms with Crippen molar-refractivity contribution in [1.29, 1.82) is 0 Å². The first-order valence-electron chi connectivity index (χ1n) is 3.93. The fraction of sp³-hybridized carbons (Fsp3) is 0. The molecule has 0 atom stereocenters. The van der Waals surface area contributed by atoms with E-state index in [0.717, 1.165) is 0 Å². The second-order valence-corrected chi connectivity index (χ2v) is 2.52. The molecule has 6 heteroatoms. The summed E-state index contributed by atoms with van der Waals surface area (Å²) in [6.45, 7) is 0. The summed E-state index contributed by atoms with van der Waals surface area (Å²) in [4.78, 5) is 19.1. The number of rotatable bonds is 2. The maximum absolute atomic E-state index is 11.4. The largest absolute Gasteiger partial charge is 0.304 e. The number of amides is 1. The summed E-state index contributed by atoms with van der Waals surface area (Å²) in [7, 11) is 0. The number of H-pyrrole nitrogens is 1. The van der Waals surface area contributed by atoms with E-state index in [1.54, 1.807) is 6.07 Å². The third kappa shape index (κ3) is 1.74. The number of nitrogens with one attached hydrogen (secondary N) is 2. The van der Waals surface area contributed by atoms with E-state index in [1.165, 1.54) is 24.8 Å². The summed E-state index contributed by atoms with van der Waals surface area (Å²) >= 11 is 0. The van der Waals surface area contributed by atoms with Crippen LogP contribution in [-0.4, -0.2) is 26.1 Å². The van der Waals surface area contributed by atoms with Crippen LogP contribution >= 0.6 is 0 Å². The molecule has 0 saturated carbocycles. The number of hydrogen-bond acceptors (Lipinski definition) is 4. The van der Waals surface area contributed by atoms with E-state index in [1.807, 2.05) is 0 Å². The fourth-order valence-corrected chi connectivity index (χ4v) is 0.930. The van der Waals surface area contributed by atoms with Crippen LogP contribution in [0.25, 0.3) is 0 Å². The zero-order valence-corrected chi connectivity index (χ0v) is 7.14. The number of hydrogen-bond donors (Lipinski definition) is 2. The fourth-order valence-electron chi connectivity index (χ4n) is 0.930. The molecule has 14 heavy (non-hydrogen) atoms. The van der Waals surface area contributed by atoms with Crippen molar-refractivity contribution < 1.29 is 4.79 Å². The Morgan fingerprint density at radius 3 is 2.93 bits per heavy atom. The van der Waals surface area contributed by atoms with Crippen LogP contribution in [0.5, 0.6) is 0 Å². The van der Waals surface area contributed by atoms with Crippen LogP contribution < -0.4 is 5.32 Å². The predicted molar refractivity (Wildman–Crippen MR) is 48.6 cm³/mol. The molecule has 2 N–H and O–H groups in total. The molecule has 70 valence electrons. The Balaban J connectivity index is 2.10. The van der Waals surface area contributed by atoms with Gasteiger partial charge < -0.3 is 5.32 Å². The lowest BCUT2D eigenvalue weighted by molar-refractivity contribution is 0.102. The van der Waals surface area contributed by atoms with Gasteiger partial charge in [-0.2, -0.15) is 5.10 Å². The summed E-state index contributed by atoms with van der Waals surface area (Å²) in [5.74, 6) is 0.120. The van der Waals surface area contributed by atoms with Gasteiger partial charge in [-0.25, -0.2) is 4.98 Å². The van der Waals surface area contributed by atoms with Crippen molar-refractivity contribution >= 4 is 11.7 Å². The van der Waals surface area contributed by atoms with Crippen molar-refractivity contribution in [2.24, 2.45) is 0 Å². The average molecular weight is 189 g/mol. The zero-order chi connectivity index (χ0) is 9.80. The van der Waals surface area contributed by atoms with Crippen molar-refractivity contribution in [3.8, 4) is 0 Å². The monoisotopic (exact) mass is 189 g/mol. The summed E-state index contributed by atoms with van der Waals surface area (Å²) in [5.41, 5.74) is 0.385. The van der Waals surface area contributed by atoms with Crippen molar-refractivity contribution in [2.45, 2.75) is 0 Å². The molecular weight excluding hydrogens is 182 g/mol. The minimum Gasteiger partial charge on any atom is -0.304 e. The first kappa shape index (κ1) is 8.36. The maximum Gasteiger partial charge on any atom is 0.274 e. The molecule has 0 aliphatic rings. The van der Waals surface area contributed by atoms with Gasteiger partial charge in [0.1, 0.15) is 5.69 Å². The van der Waals surface area contributed by atoms with Crippen molar-refractivity contribution in [2.75, 3.05) is 5.32 Å². The van der Waals surface area contributed by atoms with E-state index in [0.29, 0.717) is 11.5 Å². The topological polar surface area (TPSA) is 83.6 Å². The van der Waals surface area contributed by atoms with Crippen LogP contribution in [0.1, 0.15) is 10.5 Å². The van der Waals surface area contributed by atoms with Crippen LogP contribution in [0.2, 0.25) is 0 Å². The number of aromatic amines is 1. The molecule has 2 aromatic rings. The molecule has 6 nitrogen and oxygen atoms in total. The van der Waals surface area contributed by atoms with Crippen molar-refractivity contribution in [3.05, 3.63) is 36.5 Å². The van der Waals surface area contributed by atoms with Crippen LogP contribution in [0, 0.1) is 0 Å². The Bertz CT molecular complexity index is 411. The van der Waals surface area contributed by atoms with Crippen LogP contribution in [0.4, 0.5) is 5.82 Å². The number of anilines is 1. The minimum atomic E-state index is -0.289. The minimum absolute atomic E-state index is 0.289. The van der Waals surface area contributed by atoms with Crippen LogP contribution in [0.15, 0.2) is 30.9 Å². The lowest BCUT2D eigenvalue weighted by Crippen LogP contribution is -2.13. The van der Waals surface area contributed by atoms with Gasteiger partial charge in [0.15, 0.2) is 5.82 Å². The summed E-state index contributed by atoms with van der Waals surface area (Å²) in [6, 6.07) is 1.58. The standard InChI is InChI=1S/C8H7N5O/c14-8(6-1-2-11-13-6)12-7-5-9-3-4-10-7/h1-5H,(H,11,13)(H,10,12,14). The van der Waals surface area contributed by atoms with Gasteiger partial charge in [-0.3, -0.25) is 14.9 Å². The highest BCUT2D eigenvalue weighted by Gasteiger charge is 2.06. The molecule has 0 aliphatic carbocycles. The molecule has 0 saturated heterocycles. The van der Waals surface area contributed by atoms with Gasteiger partial charge >= 0.3 is 0 Å². The molecule has 2 aromatic heterocycles. The zero-order valence-electron chi connectivity index (χ0n) is 7.14. The van der Waals surface area contributed by atoms with Gasteiger partial charge in [0.25, 0.3) is 5.91 Å². The SMILES string of the molecule is O=C(Nc1cnccn1)c1ccn[nH]1. The third-order valence-electron chi connectivity index (χ3n) is 1.55. The van der Waals surface area contributed by atoms with Gasteiger partial charge in [-0.15, -0.1) is 0 Å². The maximum atomic E-state index is 11.4. The highest BCUT2D eigenvalue weighted by Crippen LogP contribution is 2.00. The second-order valence-electron chi connectivity index (χ2n) is 2.52. The number of carbonyl (C=O) groups is 1. The first-order chi connectivity index (χ1) is 6.86. The van der Waals surface area contributed by atoms with Crippen molar-refractivity contribution in [1.82, 2.24) is 20.2 Å². The van der Waals surface area contributed by atoms with Crippen LogP contribution in [0.3, 0.4) is 0 Å². The van der Waals surface area contributed by atoms with E-state index in [9.17, 15) is 4.79 Å².